The lowest BCUT2D eigenvalue weighted by molar-refractivity contribution is -0.180. The van der Waals surface area contributed by atoms with Crippen LogP contribution < -0.4 is 0 Å². The van der Waals surface area contributed by atoms with Crippen molar-refractivity contribution in [2.75, 3.05) is 26.9 Å². The molecule has 0 aromatic heterocycles. The van der Waals surface area contributed by atoms with Crippen LogP contribution in [0, 0.1) is 6.92 Å². The highest BCUT2D eigenvalue weighted by atomic mass is 32.2. The topological polar surface area (TPSA) is 88.1 Å². The Morgan fingerprint density at radius 1 is 1.23 bits per heavy atom. The summed E-state index contributed by atoms with van der Waals surface area (Å²) in [5.41, 5.74) is 0.955. The van der Waals surface area contributed by atoms with E-state index in [0.29, 0.717) is 0 Å². The maximum Gasteiger partial charge on any atom is 0.337 e. The third kappa shape index (κ3) is 4.26. The second-order valence-electron chi connectivity index (χ2n) is 4.85. The molecule has 0 spiro atoms. The summed E-state index contributed by atoms with van der Waals surface area (Å²) in [4.78, 5) is 11.3. The second-order valence-corrected chi connectivity index (χ2v) is 6.47. The van der Waals surface area contributed by atoms with Gasteiger partial charge in [-0.3, -0.25) is 4.18 Å². The molecule has 122 valence electrons. The van der Waals surface area contributed by atoms with Gasteiger partial charge in [0.1, 0.15) is 6.10 Å². The summed E-state index contributed by atoms with van der Waals surface area (Å²) in [6.07, 6.45) is -1.34. The van der Waals surface area contributed by atoms with Crippen molar-refractivity contribution in [3.05, 3.63) is 29.8 Å². The summed E-state index contributed by atoms with van der Waals surface area (Å²) in [6, 6.07) is 6.35. The van der Waals surface area contributed by atoms with E-state index in [2.05, 4.69) is 4.74 Å². The van der Waals surface area contributed by atoms with Gasteiger partial charge in [0.25, 0.3) is 10.1 Å². The molecular weight excluding hydrogens is 312 g/mol. The number of rotatable bonds is 5. The van der Waals surface area contributed by atoms with Gasteiger partial charge in [0.05, 0.1) is 31.8 Å². The molecule has 0 radical (unpaired) electrons. The summed E-state index contributed by atoms with van der Waals surface area (Å²) in [5, 5.41) is 0. The van der Waals surface area contributed by atoms with Crippen LogP contribution in [0.5, 0.6) is 0 Å². The summed E-state index contributed by atoms with van der Waals surface area (Å²) in [6.45, 7) is 1.75. The van der Waals surface area contributed by atoms with E-state index in [-0.39, 0.29) is 24.7 Å². The molecule has 1 fully saturated rings. The predicted molar refractivity (Wildman–Crippen MR) is 75.8 cm³/mol. The van der Waals surface area contributed by atoms with Crippen LogP contribution in [0.3, 0.4) is 0 Å². The zero-order valence-electron chi connectivity index (χ0n) is 12.4. The fourth-order valence-corrected chi connectivity index (χ4v) is 2.78. The van der Waals surface area contributed by atoms with Crippen molar-refractivity contribution in [1.29, 1.82) is 0 Å². The number of carbonyl (C=O) groups excluding carboxylic acids is 1. The van der Waals surface area contributed by atoms with E-state index < -0.39 is 28.3 Å². The van der Waals surface area contributed by atoms with Crippen molar-refractivity contribution in [3.8, 4) is 0 Å². The first kappa shape index (κ1) is 16.9. The number of esters is 1. The van der Waals surface area contributed by atoms with Crippen LogP contribution in [0.15, 0.2) is 29.2 Å². The fraction of sp³-hybridized carbons (Fsp3) is 0.500. The molecule has 1 saturated heterocycles. The molecule has 1 aromatic rings. The van der Waals surface area contributed by atoms with Crippen molar-refractivity contribution in [1.82, 2.24) is 0 Å². The highest BCUT2D eigenvalue weighted by Gasteiger charge is 2.29. The van der Waals surface area contributed by atoms with Crippen molar-refractivity contribution in [2.45, 2.75) is 24.0 Å². The summed E-state index contributed by atoms with van der Waals surface area (Å²) in [7, 11) is -2.58. The Hall–Kier alpha value is -1.48. The maximum atomic E-state index is 12.0. The standard InChI is InChI=1S/C14H18O7S/c1-10-3-5-12(6-4-10)22(16,17)21-8-11-7-20-13(9-19-11)14(15)18-2/h3-6,11,13H,7-9H2,1-2H3/t11-,13?/m1/s1. The molecule has 0 aliphatic carbocycles. The Bertz CT molecular complexity index is 601. The lowest BCUT2D eigenvalue weighted by Gasteiger charge is -2.27. The van der Waals surface area contributed by atoms with E-state index >= 15 is 0 Å². The fourth-order valence-electron chi connectivity index (χ4n) is 1.85. The van der Waals surface area contributed by atoms with Gasteiger partial charge >= 0.3 is 5.97 Å². The summed E-state index contributed by atoms with van der Waals surface area (Å²) < 4.78 is 44.1. The average molecular weight is 330 g/mol. The van der Waals surface area contributed by atoms with Crippen LogP contribution in [0.2, 0.25) is 0 Å². The van der Waals surface area contributed by atoms with E-state index in [0.717, 1.165) is 5.56 Å². The molecule has 0 saturated carbocycles. The number of carbonyl (C=O) groups is 1. The van der Waals surface area contributed by atoms with Gasteiger partial charge in [-0.05, 0) is 19.1 Å². The van der Waals surface area contributed by atoms with Crippen molar-refractivity contribution in [3.63, 3.8) is 0 Å². The Labute approximate surface area is 129 Å². The number of hydrogen-bond donors (Lipinski definition) is 0. The van der Waals surface area contributed by atoms with Gasteiger partial charge in [-0.2, -0.15) is 8.42 Å². The molecule has 1 aromatic carbocycles. The Morgan fingerprint density at radius 2 is 1.91 bits per heavy atom. The molecule has 7 nitrogen and oxygen atoms in total. The molecule has 2 atom stereocenters. The third-order valence-electron chi connectivity index (χ3n) is 3.15. The highest BCUT2D eigenvalue weighted by Crippen LogP contribution is 2.15. The number of aryl methyl sites for hydroxylation is 1. The smallest absolute Gasteiger partial charge is 0.337 e. The zero-order valence-corrected chi connectivity index (χ0v) is 13.2. The molecule has 0 bridgehead atoms. The number of hydrogen-bond acceptors (Lipinski definition) is 7. The van der Waals surface area contributed by atoms with E-state index in [4.69, 9.17) is 13.7 Å². The zero-order chi connectivity index (χ0) is 16.2. The van der Waals surface area contributed by atoms with Crippen molar-refractivity contribution < 1.29 is 31.6 Å². The van der Waals surface area contributed by atoms with Crippen LogP contribution in [0.1, 0.15) is 5.56 Å². The first-order chi connectivity index (χ1) is 10.4. The maximum absolute atomic E-state index is 12.0. The van der Waals surface area contributed by atoms with Crippen LogP contribution >= 0.6 is 0 Å². The minimum absolute atomic E-state index is 0.00524. The lowest BCUT2D eigenvalue weighted by atomic mass is 10.2. The number of ether oxygens (including phenoxy) is 3. The molecule has 2 rings (SSSR count). The largest absolute Gasteiger partial charge is 0.467 e. The molecule has 1 heterocycles. The second kappa shape index (κ2) is 7.19. The predicted octanol–water partition coefficient (Wildman–Crippen LogP) is 0.657. The Balaban J connectivity index is 1.86. The quantitative estimate of drug-likeness (QED) is 0.579. The first-order valence-electron chi connectivity index (χ1n) is 6.69. The molecule has 22 heavy (non-hydrogen) atoms. The Morgan fingerprint density at radius 3 is 2.45 bits per heavy atom. The van der Waals surface area contributed by atoms with Gasteiger partial charge in [-0.25, -0.2) is 4.79 Å². The first-order valence-corrected chi connectivity index (χ1v) is 8.10. The molecule has 1 unspecified atom stereocenters. The van der Waals surface area contributed by atoms with Crippen LogP contribution in [0.25, 0.3) is 0 Å². The van der Waals surface area contributed by atoms with Crippen LogP contribution in [-0.4, -0.2) is 53.5 Å². The molecule has 0 amide bonds. The SMILES string of the molecule is COC(=O)C1CO[C@@H](COS(=O)(=O)c2ccc(C)cc2)CO1. The van der Waals surface area contributed by atoms with Crippen LogP contribution in [-0.2, 0) is 33.3 Å². The van der Waals surface area contributed by atoms with Crippen LogP contribution in [0.4, 0.5) is 0 Å². The van der Waals surface area contributed by atoms with Gasteiger partial charge in [-0.15, -0.1) is 0 Å². The molecule has 1 aliphatic heterocycles. The third-order valence-corrected chi connectivity index (χ3v) is 4.45. The molecule has 1 aliphatic rings. The van der Waals surface area contributed by atoms with E-state index in [9.17, 15) is 13.2 Å². The normalized spacial score (nSPS) is 22.3. The number of benzene rings is 1. The van der Waals surface area contributed by atoms with Gasteiger partial charge in [0.15, 0.2) is 6.10 Å². The molecule has 8 heteroatoms. The van der Waals surface area contributed by atoms with Gasteiger partial charge in [0, 0.05) is 0 Å². The molecular formula is C14H18O7S. The summed E-state index contributed by atoms with van der Waals surface area (Å²) >= 11 is 0. The van der Waals surface area contributed by atoms with Gasteiger partial charge in [-0.1, -0.05) is 17.7 Å². The number of methoxy groups -OCH3 is 1. The minimum Gasteiger partial charge on any atom is -0.467 e. The Kier molecular flexibility index (Phi) is 5.52. The van der Waals surface area contributed by atoms with E-state index in [1.165, 1.54) is 19.2 Å². The minimum atomic E-state index is -3.84. The lowest BCUT2D eigenvalue weighted by Crippen LogP contribution is -2.42. The van der Waals surface area contributed by atoms with Gasteiger partial charge < -0.3 is 14.2 Å². The van der Waals surface area contributed by atoms with E-state index in [1.807, 2.05) is 6.92 Å². The van der Waals surface area contributed by atoms with Crippen molar-refractivity contribution in [2.24, 2.45) is 0 Å². The van der Waals surface area contributed by atoms with Crippen molar-refractivity contribution >= 4 is 16.1 Å². The molecule has 0 N–H and O–H groups in total. The van der Waals surface area contributed by atoms with Gasteiger partial charge in [0.2, 0.25) is 0 Å². The van der Waals surface area contributed by atoms with E-state index in [1.54, 1.807) is 12.1 Å². The summed E-state index contributed by atoms with van der Waals surface area (Å²) in [5.74, 6) is -0.522. The monoisotopic (exact) mass is 330 g/mol. The highest BCUT2D eigenvalue weighted by molar-refractivity contribution is 7.86. The average Bonchev–Trinajstić information content (AvgIpc) is 2.53.